The Morgan fingerprint density at radius 1 is 1.47 bits per heavy atom. The third-order valence-electron chi connectivity index (χ3n) is 3.77. The summed E-state index contributed by atoms with van der Waals surface area (Å²) < 4.78 is 10.9. The number of hydrogen-bond donors (Lipinski definition) is 2. The maximum Gasteiger partial charge on any atom is 0.188 e. The van der Waals surface area contributed by atoms with Crippen LogP contribution in [-0.4, -0.2) is 69.0 Å². The monoisotopic (exact) mass is 270 g/mol. The molecule has 0 bridgehead atoms. The Hall–Kier alpha value is -0.850. The predicted molar refractivity (Wildman–Crippen MR) is 75.3 cm³/mol. The van der Waals surface area contributed by atoms with Crippen molar-refractivity contribution in [3.63, 3.8) is 0 Å². The molecule has 2 heterocycles. The van der Waals surface area contributed by atoms with E-state index in [1.807, 2.05) is 0 Å². The molecule has 0 radical (unpaired) electrons. The lowest BCUT2D eigenvalue weighted by Crippen LogP contribution is -2.43. The van der Waals surface area contributed by atoms with Gasteiger partial charge in [-0.05, 0) is 25.9 Å². The molecule has 2 aliphatic rings. The average Bonchev–Trinajstić information content (AvgIpc) is 2.91. The molecule has 0 aromatic rings. The number of aliphatic imine (C=N–C) groups is 1. The normalized spacial score (nSPS) is 29.6. The van der Waals surface area contributed by atoms with Gasteiger partial charge in [0.1, 0.15) is 0 Å². The van der Waals surface area contributed by atoms with Crippen molar-refractivity contribution in [1.82, 2.24) is 10.2 Å². The largest absolute Gasteiger partial charge is 0.376 e. The van der Waals surface area contributed by atoms with Crippen LogP contribution in [0, 0.1) is 0 Å². The van der Waals surface area contributed by atoms with Gasteiger partial charge < -0.3 is 20.5 Å². The Bertz CT molecular complexity index is 292. The van der Waals surface area contributed by atoms with Crippen LogP contribution in [0.1, 0.15) is 19.8 Å². The van der Waals surface area contributed by atoms with Crippen molar-refractivity contribution in [3.8, 4) is 0 Å². The van der Waals surface area contributed by atoms with Crippen molar-refractivity contribution < 1.29 is 9.47 Å². The first-order valence-corrected chi connectivity index (χ1v) is 7.26. The number of likely N-dealkylation sites (N-methyl/N-ethyl adjacent to an activating group) is 1. The van der Waals surface area contributed by atoms with E-state index in [1.165, 1.54) is 19.4 Å². The van der Waals surface area contributed by atoms with Crippen LogP contribution in [-0.2, 0) is 9.47 Å². The zero-order chi connectivity index (χ0) is 13.5. The first-order valence-electron chi connectivity index (χ1n) is 7.26. The SMILES string of the molecule is CCN1CCCC1CN=C(N)NCC1COCCO1. The quantitative estimate of drug-likeness (QED) is 0.534. The van der Waals surface area contributed by atoms with Crippen molar-refractivity contribution in [2.45, 2.75) is 31.9 Å². The number of nitrogens with two attached hydrogens (primary N) is 1. The molecule has 0 aromatic carbocycles. The van der Waals surface area contributed by atoms with Crippen LogP contribution in [0.3, 0.4) is 0 Å². The van der Waals surface area contributed by atoms with E-state index in [9.17, 15) is 0 Å². The van der Waals surface area contributed by atoms with Gasteiger partial charge in [0.2, 0.25) is 0 Å². The van der Waals surface area contributed by atoms with Crippen LogP contribution in [0.25, 0.3) is 0 Å². The smallest absolute Gasteiger partial charge is 0.188 e. The van der Waals surface area contributed by atoms with Crippen LogP contribution >= 0.6 is 0 Å². The summed E-state index contributed by atoms with van der Waals surface area (Å²) in [4.78, 5) is 6.90. The molecular formula is C13H26N4O2. The molecule has 0 saturated carbocycles. The molecule has 0 amide bonds. The summed E-state index contributed by atoms with van der Waals surface area (Å²) >= 11 is 0. The van der Waals surface area contributed by atoms with Gasteiger partial charge in [-0.15, -0.1) is 0 Å². The third kappa shape index (κ3) is 4.63. The first-order chi connectivity index (χ1) is 9.29. The van der Waals surface area contributed by atoms with Gasteiger partial charge in [0.15, 0.2) is 5.96 Å². The van der Waals surface area contributed by atoms with E-state index in [2.05, 4.69) is 22.1 Å². The van der Waals surface area contributed by atoms with Crippen LogP contribution < -0.4 is 11.1 Å². The summed E-state index contributed by atoms with van der Waals surface area (Å²) in [6.07, 6.45) is 2.58. The Morgan fingerprint density at radius 2 is 2.37 bits per heavy atom. The van der Waals surface area contributed by atoms with Crippen LogP contribution in [0.15, 0.2) is 4.99 Å². The highest BCUT2D eigenvalue weighted by Gasteiger charge is 2.22. The van der Waals surface area contributed by atoms with Gasteiger partial charge in [-0.3, -0.25) is 9.89 Å². The number of ether oxygens (including phenoxy) is 2. The highest BCUT2D eigenvalue weighted by Crippen LogP contribution is 2.16. The van der Waals surface area contributed by atoms with Gasteiger partial charge in [0, 0.05) is 12.6 Å². The Balaban J connectivity index is 1.67. The summed E-state index contributed by atoms with van der Waals surface area (Å²) in [6, 6.07) is 0.555. The lowest BCUT2D eigenvalue weighted by Gasteiger charge is -2.23. The number of nitrogens with zero attached hydrogens (tertiary/aromatic N) is 2. The Morgan fingerprint density at radius 3 is 3.11 bits per heavy atom. The van der Waals surface area contributed by atoms with Crippen molar-refractivity contribution in [2.24, 2.45) is 10.7 Å². The molecular weight excluding hydrogens is 244 g/mol. The van der Waals surface area contributed by atoms with E-state index in [1.54, 1.807) is 0 Å². The molecule has 2 saturated heterocycles. The number of guanidine groups is 1. The summed E-state index contributed by atoms with van der Waals surface area (Å²) in [5.41, 5.74) is 5.88. The second-order valence-electron chi connectivity index (χ2n) is 5.10. The third-order valence-corrected chi connectivity index (χ3v) is 3.77. The lowest BCUT2D eigenvalue weighted by molar-refractivity contribution is -0.0850. The van der Waals surface area contributed by atoms with E-state index in [0.717, 1.165) is 13.1 Å². The highest BCUT2D eigenvalue weighted by atomic mass is 16.6. The summed E-state index contributed by atoms with van der Waals surface area (Å²) in [6.45, 7) is 7.92. The highest BCUT2D eigenvalue weighted by molar-refractivity contribution is 5.77. The minimum absolute atomic E-state index is 0.0844. The Labute approximate surface area is 115 Å². The molecule has 3 N–H and O–H groups in total. The van der Waals surface area contributed by atoms with Gasteiger partial charge in [-0.1, -0.05) is 6.92 Å². The van der Waals surface area contributed by atoms with Crippen LogP contribution in [0.2, 0.25) is 0 Å². The zero-order valence-electron chi connectivity index (χ0n) is 11.8. The number of rotatable bonds is 5. The molecule has 6 nitrogen and oxygen atoms in total. The van der Waals surface area contributed by atoms with Gasteiger partial charge in [0.05, 0.1) is 32.5 Å². The predicted octanol–water partition coefficient (Wildman–Crippen LogP) is -0.210. The Kier molecular flexibility index (Phi) is 5.88. The van der Waals surface area contributed by atoms with Crippen LogP contribution in [0.4, 0.5) is 0 Å². The molecule has 6 heteroatoms. The molecule has 19 heavy (non-hydrogen) atoms. The number of nitrogens with one attached hydrogen (secondary N) is 1. The molecule has 2 atom stereocenters. The molecule has 2 fully saturated rings. The van der Waals surface area contributed by atoms with Crippen LogP contribution in [0.5, 0.6) is 0 Å². The van der Waals surface area contributed by atoms with Crippen molar-refractivity contribution in [1.29, 1.82) is 0 Å². The van der Waals surface area contributed by atoms with Gasteiger partial charge in [0.25, 0.3) is 0 Å². The zero-order valence-corrected chi connectivity index (χ0v) is 11.8. The first kappa shape index (κ1) is 14.6. The molecule has 0 aromatic heterocycles. The van der Waals surface area contributed by atoms with E-state index >= 15 is 0 Å². The molecule has 0 aliphatic carbocycles. The minimum atomic E-state index is 0.0844. The topological polar surface area (TPSA) is 72.1 Å². The number of hydrogen-bond acceptors (Lipinski definition) is 4. The lowest BCUT2D eigenvalue weighted by atomic mass is 10.2. The molecule has 2 aliphatic heterocycles. The van der Waals surface area contributed by atoms with E-state index in [0.29, 0.717) is 38.4 Å². The number of likely N-dealkylation sites (tertiary alicyclic amines) is 1. The van der Waals surface area contributed by atoms with E-state index in [4.69, 9.17) is 15.2 Å². The minimum Gasteiger partial charge on any atom is -0.376 e. The summed E-state index contributed by atoms with van der Waals surface area (Å²) in [5, 5.41) is 3.11. The molecule has 2 rings (SSSR count). The fourth-order valence-electron chi connectivity index (χ4n) is 2.65. The average molecular weight is 270 g/mol. The summed E-state index contributed by atoms with van der Waals surface area (Å²) in [7, 11) is 0. The fraction of sp³-hybridized carbons (Fsp3) is 0.923. The molecule has 2 unspecified atom stereocenters. The van der Waals surface area contributed by atoms with Gasteiger partial charge in [-0.25, -0.2) is 0 Å². The van der Waals surface area contributed by atoms with Crippen molar-refractivity contribution in [2.75, 3.05) is 46.0 Å². The fourth-order valence-corrected chi connectivity index (χ4v) is 2.65. The summed E-state index contributed by atoms with van der Waals surface area (Å²) in [5.74, 6) is 0.511. The van der Waals surface area contributed by atoms with Gasteiger partial charge >= 0.3 is 0 Å². The maximum absolute atomic E-state index is 5.88. The van der Waals surface area contributed by atoms with E-state index < -0.39 is 0 Å². The maximum atomic E-state index is 5.88. The van der Waals surface area contributed by atoms with Crippen molar-refractivity contribution in [3.05, 3.63) is 0 Å². The van der Waals surface area contributed by atoms with Gasteiger partial charge in [-0.2, -0.15) is 0 Å². The van der Waals surface area contributed by atoms with E-state index in [-0.39, 0.29) is 6.10 Å². The molecule has 110 valence electrons. The second-order valence-corrected chi connectivity index (χ2v) is 5.10. The van der Waals surface area contributed by atoms with Crippen molar-refractivity contribution >= 4 is 5.96 Å². The second kappa shape index (κ2) is 7.67. The standard InChI is InChI=1S/C13H26N4O2/c1-2-17-5-3-4-11(17)8-15-13(14)16-9-12-10-18-6-7-19-12/h11-12H,2-10H2,1H3,(H3,14,15,16). The molecule has 0 spiro atoms.